The second kappa shape index (κ2) is 5.46. The number of hydrogen-bond donors (Lipinski definition) is 2. The number of halogens is 1. The Morgan fingerprint density at radius 2 is 2.24 bits per heavy atom. The van der Waals surface area contributed by atoms with Crippen molar-refractivity contribution < 1.29 is 0 Å². The molecular weight excluding hydrogens is 282 g/mol. The number of fused-ring (bicyclic) bond motifs is 1. The van der Waals surface area contributed by atoms with Crippen molar-refractivity contribution in [3.05, 3.63) is 22.8 Å². The van der Waals surface area contributed by atoms with E-state index in [0.29, 0.717) is 12.0 Å². The average molecular weight is 298 g/mol. The Hall–Kier alpha value is -1.14. The van der Waals surface area contributed by atoms with Gasteiger partial charge in [-0.3, -0.25) is 0 Å². The van der Waals surface area contributed by atoms with Gasteiger partial charge in [0.1, 0.15) is 0 Å². The molecule has 2 heterocycles. The average Bonchev–Trinajstić information content (AvgIpc) is 2.69. The second-order valence-electron chi connectivity index (χ2n) is 4.10. The highest BCUT2D eigenvalue weighted by atomic mass is 79.9. The van der Waals surface area contributed by atoms with Crippen LogP contribution >= 0.6 is 15.9 Å². The number of nitrogens with one attached hydrogen (secondary N) is 2. The van der Waals surface area contributed by atoms with Gasteiger partial charge in [-0.15, -0.1) is 5.10 Å². The second-order valence-corrected chi connectivity index (χ2v) is 4.95. The minimum Gasteiger partial charge on any atom is -0.352 e. The van der Waals surface area contributed by atoms with E-state index in [2.05, 4.69) is 50.5 Å². The smallest absolute Gasteiger partial charge is 0.243 e. The number of hydrogen-bond acceptors (Lipinski definition) is 4. The molecule has 0 unspecified atom stereocenters. The lowest BCUT2D eigenvalue weighted by Crippen LogP contribution is -2.28. The van der Waals surface area contributed by atoms with Crippen molar-refractivity contribution >= 4 is 27.5 Å². The molecule has 0 atom stereocenters. The van der Waals surface area contributed by atoms with Crippen molar-refractivity contribution in [2.24, 2.45) is 0 Å². The zero-order chi connectivity index (χ0) is 12.3. The lowest BCUT2D eigenvalue weighted by molar-refractivity contribution is 0.601. The Morgan fingerprint density at radius 3 is 2.94 bits per heavy atom. The fourth-order valence-corrected chi connectivity index (χ4v) is 1.91. The Balaban J connectivity index is 1.98. The summed E-state index contributed by atoms with van der Waals surface area (Å²) in [6.07, 6.45) is 1.88. The largest absolute Gasteiger partial charge is 0.352 e. The summed E-state index contributed by atoms with van der Waals surface area (Å²) in [4.78, 5) is 4.40. The van der Waals surface area contributed by atoms with Crippen molar-refractivity contribution in [3.63, 3.8) is 0 Å². The molecule has 2 rings (SSSR count). The van der Waals surface area contributed by atoms with Gasteiger partial charge in [-0.05, 0) is 28.1 Å². The molecule has 0 aliphatic rings. The first-order chi connectivity index (χ1) is 8.16. The molecule has 0 aromatic carbocycles. The van der Waals surface area contributed by atoms with Gasteiger partial charge in [-0.25, -0.2) is 4.52 Å². The molecule has 2 aromatic rings. The molecule has 0 aliphatic heterocycles. The van der Waals surface area contributed by atoms with Gasteiger partial charge >= 0.3 is 0 Å². The minimum atomic E-state index is 0.500. The number of pyridine rings is 1. The van der Waals surface area contributed by atoms with Crippen LogP contribution in [0.4, 0.5) is 5.95 Å². The molecule has 0 saturated carbocycles. The molecule has 0 aliphatic carbocycles. The number of anilines is 1. The molecule has 6 heteroatoms. The molecular formula is C11H16BrN5. The highest BCUT2D eigenvalue weighted by Crippen LogP contribution is 2.16. The third-order valence-electron chi connectivity index (χ3n) is 2.28. The van der Waals surface area contributed by atoms with Gasteiger partial charge in [0.05, 0.1) is 4.47 Å². The molecule has 17 heavy (non-hydrogen) atoms. The maximum Gasteiger partial charge on any atom is 0.243 e. The van der Waals surface area contributed by atoms with Crippen LogP contribution in [0.1, 0.15) is 13.8 Å². The molecule has 2 aromatic heterocycles. The lowest BCUT2D eigenvalue weighted by Gasteiger charge is -2.07. The molecule has 0 saturated heterocycles. The van der Waals surface area contributed by atoms with Crippen LogP contribution in [-0.2, 0) is 0 Å². The summed E-state index contributed by atoms with van der Waals surface area (Å²) < 4.78 is 2.70. The van der Waals surface area contributed by atoms with Crippen LogP contribution in [0.15, 0.2) is 22.8 Å². The summed E-state index contributed by atoms with van der Waals surface area (Å²) in [7, 11) is 0. The molecule has 0 amide bonds. The third-order valence-corrected chi connectivity index (χ3v) is 2.89. The van der Waals surface area contributed by atoms with Crippen LogP contribution in [0, 0.1) is 0 Å². The van der Waals surface area contributed by atoms with Crippen LogP contribution in [0.5, 0.6) is 0 Å². The predicted octanol–water partition coefficient (Wildman–Crippen LogP) is 1.90. The van der Waals surface area contributed by atoms with E-state index in [4.69, 9.17) is 0 Å². The Bertz CT molecular complexity index is 494. The summed E-state index contributed by atoms with van der Waals surface area (Å²) in [5, 5.41) is 10.8. The van der Waals surface area contributed by atoms with E-state index in [0.717, 1.165) is 23.2 Å². The van der Waals surface area contributed by atoms with Crippen LogP contribution in [-0.4, -0.2) is 33.7 Å². The predicted molar refractivity (Wildman–Crippen MR) is 72.3 cm³/mol. The van der Waals surface area contributed by atoms with E-state index in [-0.39, 0.29) is 0 Å². The lowest BCUT2D eigenvalue weighted by atomic mass is 10.4. The van der Waals surface area contributed by atoms with Crippen molar-refractivity contribution in [1.82, 2.24) is 19.9 Å². The van der Waals surface area contributed by atoms with E-state index in [1.807, 2.05) is 18.3 Å². The highest BCUT2D eigenvalue weighted by Gasteiger charge is 2.05. The van der Waals surface area contributed by atoms with Crippen LogP contribution in [0.25, 0.3) is 5.65 Å². The van der Waals surface area contributed by atoms with Gasteiger partial charge in [-0.2, -0.15) is 4.98 Å². The van der Waals surface area contributed by atoms with E-state index in [1.165, 1.54) is 0 Å². The SMILES string of the molecule is CC(C)NCCNc1nc2c(Br)cccn2n1. The molecule has 0 bridgehead atoms. The van der Waals surface area contributed by atoms with Crippen LogP contribution < -0.4 is 10.6 Å². The van der Waals surface area contributed by atoms with Gasteiger partial charge in [-0.1, -0.05) is 13.8 Å². The van der Waals surface area contributed by atoms with Crippen molar-refractivity contribution in [2.75, 3.05) is 18.4 Å². The molecule has 5 nitrogen and oxygen atoms in total. The first-order valence-electron chi connectivity index (χ1n) is 5.65. The van der Waals surface area contributed by atoms with Gasteiger partial charge in [0, 0.05) is 25.3 Å². The molecule has 2 N–H and O–H groups in total. The van der Waals surface area contributed by atoms with Gasteiger partial charge in [0.15, 0.2) is 5.65 Å². The number of rotatable bonds is 5. The number of nitrogens with zero attached hydrogens (tertiary/aromatic N) is 3. The Labute approximate surface area is 109 Å². The molecule has 0 fully saturated rings. The van der Waals surface area contributed by atoms with Gasteiger partial charge in [0.2, 0.25) is 5.95 Å². The topological polar surface area (TPSA) is 54.2 Å². The quantitative estimate of drug-likeness (QED) is 0.828. The van der Waals surface area contributed by atoms with Crippen molar-refractivity contribution in [1.29, 1.82) is 0 Å². The Kier molecular flexibility index (Phi) is 3.96. The van der Waals surface area contributed by atoms with Crippen LogP contribution in [0.2, 0.25) is 0 Å². The molecule has 0 radical (unpaired) electrons. The Morgan fingerprint density at radius 1 is 1.41 bits per heavy atom. The third kappa shape index (κ3) is 3.17. The fraction of sp³-hybridized carbons (Fsp3) is 0.455. The maximum absolute atomic E-state index is 4.40. The van der Waals surface area contributed by atoms with Crippen molar-refractivity contribution in [2.45, 2.75) is 19.9 Å². The standard InChI is InChI=1S/C11H16BrN5/c1-8(2)13-5-6-14-11-15-10-9(12)4-3-7-17(10)16-11/h3-4,7-8,13H,5-6H2,1-2H3,(H,14,16). The van der Waals surface area contributed by atoms with E-state index in [9.17, 15) is 0 Å². The first-order valence-corrected chi connectivity index (χ1v) is 6.44. The summed E-state index contributed by atoms with van der Waals surface area (Å²) in [6, 6.07) is 4.38. The van der Waals surface area contributed by atoms with Crippen molar-refractivity contribution in [3.8, 4) is 0 Å². The van der Waals surface area contributed by atoms with Gasteiger partial charge in [0.25, 0.3) is 0 Å². The van der Waals surface area contributed by atoms with Gasteiger partial charge < -0.3 is 10.6 Å². The maximum atomic E-state index is 4.40. The summed E-state index contributed by atoms with van der Waals surface area (Å²) in [5.74, 6) is 0.655. The zero-order valence-electron chi connectivity index (χ0n) is 9.94. The first kappa shape index (κ1) is 12.3. The summed E-state index contributed by atoms with van der Waals surface area (Å²) in [6.45, 7) is 5.96. The molecule has 0 spiro atoms. The van der Waals surface area contributed by atoms with Crippen LogP contribution in [0.3, 0.4) is 0 Å². The van der Waals surface area contributed by atoms with E-state index < -0.39 is 0 Å². The fourth-order valence-electron chi connectivity index (χ4n) is 1.48. The zero-order valence-corrected chi connectivity index (χ0v) is 11.5. The van der Waals surface area contributed by atoms with E-state index in [1.54, 1.807) is 4.52 Å². The molecule has 92 valence electrons. The normalized spacial score (nSPS) is 11.3. The van der Waals surface area contributed by atoms with E-state index >= 15 is 0 Å². The summed E-state index contributed by atoms with van der Waals surface area (Å²) in [5.41, 5.74) is 0.826. The monoisotopic (exact) mass is 297 g/mol. The highest BCUT2D eigenvalue weighted by molar-refractivity contribution is 9.10. The summed E-state index contributed by atoms with van der Waals surface area (Å²) >= 11 is 3.45. The minimum absolute atomic E-state index is 0.500. The number of aromatic nitrogens is 3.